The van der Waals surface area contributed by atoms with Gasteiger partial charge in [-0.25, -0.2) is 4.98 Å². The maximum Gasteiger partial charge on any atom is 0.271 e. The number of rotatable bonds is 2. The molecule has 0 radical (unpaired) electrons. The van der Waals surface area contributed by atoms with E-state index in [-0.39, 0.29) is 11.9 Å². The number of carbonyl (C=O) groups is 1. The maximum absolute atomic E-state index is 12.1. The zero-order valence-electron chi connectivity index (χ0n) is 11.7. The van der Waals surface area contributed by atoms with Gasteiger partial charge < -0.3 is 9.88 Å². The molecule has 1 aromatic rings. The van der Waals surface area contributed by atoms with Crippen molar-refractivity contribution in [2.24, 2.45) is 18.4 Å². The van der Waals surface area contributed by atoms with Crippen LogP contribution in [0.2, 0.25) is 0 Å². The van der Waals surface area contributed by atoms with Crippen LogP contribution in [0.25, 0.3) is 0 Å². The molecule has 18 heavy (non-hydrogen) atoms. The van der Waals surface area contributed by atoms with Crippen molar-refractivity contribution in [1.29, 1.82) is 0 Å². The summed E-state index contributed by atoms with van der Waals surface area (Å²) < 4.78 is 1.79. The minimum atomic E-state index is -0.0505. The molecular weight excluding hydrogens is 226 g/mol. The molecular formula is C14H23N3O. The van der Waals surface area contributed by atoms with Crippen LogP contribution < -0.4 is 5.32 Å². The van der Waals surface area contributed by atoms with Crippen LogP contribution >= 0.6 is 0 Å². The first-order valence-corrected chi connectivity index (χ1v) is 6.64. The number of nitrogens with zero attached hydrogens (tertiary/aromatic N) is 2. The van der Waals surface area contributed by atoms with Crippen LogP contribution in [0.15, 0.2) is 12.5 Å². The summed E-state index contributed by atoms with van der Waals surface area (Å²) in [5.74, 6) is 0.619. The number of carbonyl (C=O) groups excluding carboxylic acids is 1. The molecule has 1 N–H and O–H groups in total. The van der Waals surface area contributed by atoms with E-state index >= 15 is 0 Å². The third-order valence-corrected chi connectivity index (χ3v) is 3.66. The van der Waals surface area contributed by atoms with Gasteiger partial charge in [-0.15, -0.1) is 0 Å². The van der Waals surface area contributed by atoms with Crippen LogP contribution in [0.5, 0.6) is 0 Å². The molecule has 4 nitrogen and oxygen atoms in total. The van der Waals surface area contributed by atoms with Gasteiger partial charge in [-0.05, 0) is 30.6 Å². The molecule has 1 heterocycles. The smallest absolute Gasteiger partial charge is 0.271 e. The highest BCUT2D eigenvalue weighted by atomic mass is 16.2. The summed E-state index contributed by atoms with van der Waals surface area (Å²) in [6.45, 7) is 6.83. The lowest BCUT2D eigenvalue weighted by atomic mass is 9.70. The number of nitrogens with one attached hydrogen (secondary N) is 1. The second-order valence-electron chi connectivity index (χ2n) is 6.51. The molecule has 0 bridgehead atoms. The summed E-state index contributed by atoms with van der Waals surface area (Å²) in [5, 5.41) is 3.12. The van der Waals surface area contributed by atoms with Crippen molar-refractivity contribution in [2.45, 2.75) is 46.1 Å². The average molecular weight is 249 g/mol. The molecule has 0 aromatic carbocycles. The van der Waals surface area contributed by atoms with Gasteiger partial charge >= 0.3 is 0 Å². The lowest BCUT2D eigenvalue weighted by Gasteiger charge is -2.39. The highest BCUT2D eigenvalue weighted by Crippen LogP contribution is 2.38. The van der Waals surface area contributed by atoms with E-state index < -0.39 is 0 Å². The van der Waals surface area contributed by atoms with Crippen LogP contribution in [0.1, 0.15) is 50.5 Å². The molecule has 1 fully saturated rings. The summed E-state index contributed by atoms with van der Waals surface area (Å²) in [5.41, 5.74) is 0.827. The van der Waals surface area contributed by atoms with E-state index in [0.717, 1.165) is 12.8 Å². The largest absolute Gasteiger partial charge is 0.348 e. The van der Waals surface area contributed by atoms with Gasteiger partial charge in [0, 0.05) is 19.3 Å². The molecule has 100 valence electrons. The van der Waals surface area contributed by atoms with Crippen molar-refractivity contribution in [3.63, 3.8) is 0 Å². The summed E-state index contributed by atoms with van der Waals surface area (Å²) in [7, 11) is 1.87. The first kappa shape index (κ1) is 13.1. The predicted octanol–water partition coefficient (Wildman–Crippen LogP) is 2.36. The Balaban J connectivity index is 1.99. The van der Waals surface area contributed by atoms with Crippen molar-refractivity contribution >= 4 is 5.91 Å². The minimum absolute atomic E-state index is 0.0505. The van der Waals surface area contributed by atoms with Gasteiger partial charge in [0.05, 0.1) is 6.33 Å². The Hall–Kier alpha value is -1.32. The third-order valence-electron chi connectivity index (χ3n) is 3.66. The molecule has 2 unspecified atom stereocenters. The standard InChI is InChI=1S/C14H23N3O/c1-10-5-11(7-14(2,3)6-10)16-13(18)12-8-17(4)9-15-12/h8-11H,5-7H2,1-4H3,(H,16,18). The molecule has 0 saturated heterocycles. The van der Waals surface area contributed by atoms with E-state index in [1.54, 1.807) is 17.1 Å². The molecule has 2 rings (SSSR count). The number of hydrogen-bond acceptors (Lipinski definition) is 2. The van der Waals surface area contributed by atoms with Crippen molar-refractivity contribution < 1.29 is 4.79 Å². The Kier molecular flexibility index (Phi) is 3.46. The van der Waals surface area contributed by atoms with Gasteiger partial charge in [0.2, 0.25) is 0 Å². The normalized spacial score (nSPS) is 26.9. The van der Waals surface area contributed by atoms with Gasteiger partial charge in [-0.2, -0.15) is 0 Å². The maximum atomic E-state index is 12.1. The fourth-order valence-corrected chi connectivity index (χ4v) is 3.25. The van der Waals surface area contributed by atoms with Gasteiger partial charge in [-0.3, -0.25) is 4.79 Å². The first-order valence-electron chi connectivity index (χ1n) is 6.64. The summed E-state index contributed by atoms with van der Waals surface area (Å²) in [6, 6.07) is 0.276. The highest BCUT2D eigenvalue weighted by Gasteiger charge is 2.32. The molecule has 1 aromatic heterocycles. The molecule has 1 aliphatic rings. The lowest BCUT2D eigenvalue weighted by molar-refractivity contribution is 0.0869. The Morgan fingerprint density at radius 2 is 2.22 bits per heavy atom. The molecule has 0 spiro atoms. The van der Waals surface area contributed by atoms with Gasteiger partial charge in [0.15, 0.2) is 0 Å². The number of hydrogen-bond donors (Lipinski definition) is 1. The van der Waals surface area contributed by atoms with Crippen molar-refractivity contribution in [1.82, 2.24) is 14.9 Å². The Morgan fingerprint density at radius 1 is 1.50 bits per heavy atom. The number of aromatic nitrogens is 2. The van der Waals surface area contributed by atoms with Gasteiger partial charge in [0.25, 0.3) is 5.91 Å². The average Bonchev–Trinajstić information content (AvgIpc) is 2.61. The van der Waals surface area contributed by atoms with Gasteiger partial charge in [-0.1, -0.05) is 20.8 Å². The van der Waals surface area contributed by atoms with E-state index in [1.807, 2.05) is 7.05 Å². The van der Waals surface area contributed by atoms with Crippen molar-refractivity contribution in [3.05, 3.63) is 18.2 Å². The van der Waals surface area contributed by atoms with E-state index in [1.165, 1.54) is 6.42 Å². The van der Waals surface area contributed by atoms with Crippen LogP contribution in [0, 0.1) is 11.3 Å². The SMILES string of the molecule is CC1CC(NC(=O)c2cn(C)cn2)CC(C)(C)C1. The Bertz CT molecular complexity index is 436. The second-order valence-corrected chi connectivity index (χ2v) is 6.51. The van der Waals surface area contributed by atoms with Crippen molar-refractivity contribution in [2.75, 3.05) is 0 Å². The number of aryl methyl sites for hydroxylation is 1. The molecule has 0 aliphatic heterocycles. The van der Waals surface area contributed by atoms with Crippen LogP contribution in [-0.4, -0.2) is 21.5 Å². The summed E-state index contributed by atoms with van der Waals surface area (Å²) in [6.07, 6.45) is 6.77. The Labute approximate surface area is 109 Å². The second kappa shape index (κ2) is 4.75. The molecule has 4 heteroatoms. The fourth-order valence-electron chi connectivity index (χ4n) is 3.25. The number of amides is 1. The van der Waals surface area contributed by atoms with E-state index in [4.69, 9.17) is 0 Å². The van der Waals surface area contributed by atoms with Crippen molar-refractivity contribution in [3.8, 4) is 0 Å². The molecule has 1 saturated carbocycles. The third kappa shape index (κ3) is 3.12. The predicted molar refractivity (Wildman–Crippen MR) is 71.3 cm³/mol. The Morgan fingerprint density at radius 3 is 2.78 bits per heavy atom. The van der Waals surface area contributed by atoms with E-state index in [2.05, 4.69) is 31.1 Å². The zero-order chi connectivity index (χ0) is 13.3. The zero-order valence-corrected chi connectivity index (χ0v) is 11.7. The number of imidazole rings is 1. The topological polar surface area (TPSA) is 46.9 Å². The lowest BCUT2D eigenvalue weighted by Crippen LogP contribution is -2.43. The molecule has 1 aliphatic carbocycles. The van der Waals surface area contributed by atoms with Crippen LogP contribution in [0.3, 0.4) is 0 Å². The van der Waals surface area contributed by atoms with Gasteiger partial charge in [0.1, 0.15) is 5.69 Å². The van der Waals surface area contributed by atoms with Crippen LogP contribution in [0.4, 0.5) is 0 Å². The summed E-state index contributed by atoms with van der Waals surface area (Å²) in [4.78, 5) is 16.1. The molecule has 1 amide bonds. The fraction of sp³-hybridized carbons (Fsp3) is 0.714. The minimum Gasteiger partial charge on any atom is -0.348 e. The summed E-state index contributed by atoms with van der Waals surface area (Å²) >= 11 is 0. The van der Waals surface area contributed by atoms with E-state index in [0.29, 0.717) is 17.0 Å². The van der Waals surface area contributed by atoms with Crippen LogP contribution in [-0.2, 0) is 7.05 Å². The quantitative estimate of drug-likeness (QED) is 0.874. The highest BCUT2D eigenvalue weighted by molar-refractivity contribution is 5.92. The molecule has 2 atom stereocenters. The van der Waals surface area contributed by atoms with E-state index in [9.17, 15) is 4.79 Å². The monoisotopic (exact) mass is 249 g/mol. The first-order chi connectivity index (χ1) is 8.35.